The minimum absolute atomic E-state index is 0.00366. The molecular weight excluding hydrogens is 244 g/mol. The van der Waals surface area contributed by atoms with Crippen molar-refractivity contribution in [1.82, 2.24) is 0 Å². The van der Waals surface area contributed by atoms with Gasteiger partial charge in [-0.3, -0.25) is 0 Å². The number of likely N-dealkylation sites (N-methyl/N-ethyl adjacent to an activating group) is 1. The minimum Gasteiger partial charge on any atom is -0.361 e. The van der Waals surface area contributed by atoms with Crippen molar-refractivity contribution in [2.75, 3.05) is 17.3 Å². The number of hydrogen-bond donors (Lipinski definition) is 1. The van der Waals surface area contributed by atoms with Gasteiger partial charge in [-0.15, -0.1) is 0 Å². The van der Waals surface area contributed by atoms with Gasteiger partial charge in [-0.05, 0) is 36.6 Å². The van der Waals surface area contributed by atoms with Crippen LogP contribution in [0.3, 0.4) is 0 Å². The predicted octanol–water partition coefficient (Wildman–Crippen LogP) is 3.97. The molecule has 2 nitrogen and oxygen atoms in total. The van der Waals surface area contributed by atoms with Crippen LogP contribution in [-0.2, 0) is 5.41 Å². The van der Waals surface area contributed by atoms with Gasteiger partial charge >= 0.3 is 0 Å². The molecule has 0 saturated carbocycles. The number of nitrogens with one attached hydrogen (secondary N) is 1. The molecule has 2 aromatic carbocycles. The first-order valence-electron chi connectivity index (χ1n) is 7.36. The van der Waals surface area contributed by atoms with E-state index >= 15 is 0 Å². The third-order valence-electron chi connectivity index (χ3n) is 5.52. The molecule has 2 aliphatic rings. The molecular formula is C18H20N2. The first-order chi connectivity index (χ1) is 9.65. The summed E-state index contributed by atoms with van der Waals surface area (Å²) in [5.74, 6) is 0. The Morgan fingerprint density at radius 3 is 2.40 bits per heavy atom. The quantitative estimate of drug-likeness (QED) is 0.838. The van der Waals surface area contributed by atoms with Crippen LogP contribution in [0.4, 0.5) is 11.4 Å². The van der Waals surface area contributed by atoms with Gasteiger partial charge in [0.25, 0.3) is 0 Å². The standard InChI is InChI=1S/C18H20N2/c1-4-18-17(2,13-9-5-7-11-15(13)19-18)14-10-6-8-12-16(14)20(18)3/h5-12,19H,4H2,1-3H3/t17-,18+/m1/s1. The molecule has 1 N–H and O–H groups in total. The van der Waals surface area contributed by atoms with Crippen molar-refractivity contribution in [3.8, 4) is 0 Å². The van der Waals surface area contributed by atoms with E-state index in [1.165, 1.54) is 22.5 Å². The highest BCUT2D eigenvalue weighted by Gasteiger charge is 2.62. The molecule has 0 radical (unpaired) electrons. The van der Waals surface area contributed by atoms with Crippen LogP contribution in [0, 0.1) is 0 Å². The molecule has 0 unspecified atom stereocenters. The summed E-state index contributed by atoms with van der Waals surface area (Å²) in [6.45, 7) is 4.66. The highest BCUT2D eigenvalue weighted by molar-refractivity contribution is 5.79. The summed E-state index contributed by atoms with van der Waals surface area (Å²) < 4.78 is 0. The van der Waals surface area contributed by atoms with E-state index in [-0.39, 0.29) is 11.1 Å². The summed E-state index contributed by atoms with van der Waals surface area (Å²) in [7, 11) is 2.21. The molecule has 0 aromatic heterocycles. The average molecular weight is 264 g/mol. The molecule has 0 bridgehead atoms. The Labute approximate surface area is 120 Å². The third-order valence-corrected chi connectivity index (χ3v) is 5.52. The van der Waals surface area contributed by atoms with Crippen LogP contribution in [0.5, 0.6) is 0 Å². The first-order valence-corrected chi connectivity index (χ1v) is 7.36. The summed E-state index contributed by atoms with van der Waals surface area (Å²) >= 11 is 0. The van der Waals surface area contributed by atoms with E-state index in [1.54, 1.807) is 0 Å². The van der Waals surface area contributed by atoms with E-state index in [0.29, 0.717) is 0 Å². The Morgan fingerprint density at radius 2 is 1.65 bits per heavy atom. The van der Waals surface area contributed by atoms with E-state index in [1.807, 2.05) is 0 Å². The first kappa shape index (κ1) is 11.8. The monoisotopic (exact) mass is 264 g/mol. The highest BCUT2D eigenvalue weighted by atomic mass is 15.4. The molecule has 2 aliphatic heterocycles. The van der Waals surface area contributed by atoms with Gasteiger partial charge < -0.3 is 10.2 Å². The summed E-state index contributed by atoms with van der Waals surface area (Å²) in [6.07, 6.45) is 1.06. The van der Waals surface area contributed by atoms with Gasteiger partial charge in [-0.1, -0.05) is 43.3 Å². The van der Waals surface area contributed by atoms with E-state index in [2.05, 4.69) is 79.6 Å². The third kappa shape index (κ3) is 1.04. The fourth-order valence-electron chi connectivity index (χ4n) is 4.46. The summed E-state index contributed by atoms with van der Waals surface area (Å²) in [5.41, 5.74) is 5.42. The van der Waals surface area contributed by atoms with Gasteiger partial charge in [0.1, 0.15) is 5.66 Å². The van der Waals surface area contributed by atoms with Crippen LogP contribution in [0.2, 0.25) is 0 Å². The topological polar surface area (TPSA) is 15.3 Å². The molecule has 4 rings (SSSR count). The van der Waals surface area contributed by atoms with Gasteiger partial charge in [-0.2, -0.15) is 0 Å². The maximum absolute atomic E-state index is 3.82. The predicted molar refractivity (Wildman–Crippen MR) is 84.4 cm³/mol. The Bertz CT molecular complexity index is 693. The molecule has 0 spiro atoms. The SMILES string of the molecule is CC[C@@]12Nc3ccccc3[C@]1(C)c1ccccc1N2C. The smallest absolute Gasteiger partial charge is 0.124 e. The van der Waals surface area contributed by atoms with Gasteiger partial charge in [0.15, 0.2) is 0 Å². The lowest BCUT2D eigenvalue weighted by Crippen LogP contribution is -2.57. The number of para-hydroxylation sites is 2. The van der Waals surface area contributed by atoms with Crippen molar-refractivity contribution in [2.45, 2.75) is 31.3 Å². The molecule has 20 heavy (non-hydrogen) atoms. The summed E-state index contributed by atoms with van der Waals surface area (Å²) in [4.78, 5) is 2.43. The van der Waals surface area contributed by atoms with Crippen LogP contribution in [0.25, 0.3) is 0 Å². The number of fused-ring (bicyclic) bond motifs is 5. The largest absolute Gasteiger partial charge is 0.361 e. The number of anilines is 2. The summed E-state index contributed by atoms with van der Waals surface area (Å²) in [6, 6.07) is 17.6. The Balaban J connectivity index is 2.09. The summed E-state index contributed by atoms with van der Waals surface area (Å²) in [5, 5.41) is 3.82. The van der Waals surface area contributed by atoms with Crippen molar-refractivity contribution in [1.29, 1.82) is 0 Å². The normalized spacial score (nSPS) is 29.6. The molecule has 102 valence electrons. The lowest BCUT2D eigenvalue weighted by atomic mass is 9.70. The second-order valence-electron chi connectivity index (χ2n) is 6.09. The average Bonchev–Trinajstić information content (AvgIpc) is 2.87. The molecule has 0 saturated heterocycles. The van der Waals surface area contributed by atoms with Gasteiger partial charge in [-0.25, -0.2) is 0 Å². The molecule has 2 heterocycles. The minimum atomic E-state index is -0.0552. The van der Waals surface area contributed by atoms with Crippen LogP contribution in [0.15, 0.2) is 48.5 Å². The maximum atomic E-state index is 3.82. The van der Waals surface area contributed by atoms with Gasteiger partial charge in [0.05, 0.1) is 5.41 Å². The van der Waals surface area contributed by atoms with Crippen molar-refractivity contribution in [2.24, 2.45) is 0 Å². The number of nitrogens with zero attached hydrogens (tertiary/aromatic N) is 1. The number of benzene rings is 2. The highest BCUT2D eigenvalue weighted by Crippen LogP contribution is 2.60. The number of rotatable bonds is 1. The van der Waals surface area contributed by atoms with E-state index in [4.69, 9.17) is 0 Å². The van der Waals surface area contributed by atoms with E-state index < -0.39 is 0 Å². The zero-order chi connectivity index (χ0) is 14.0. The zero-order valence-electron chi connectivity index (χ0n) is 12.3. The van der Waals surface area contributed by atoms with Crippen LogP contribution < -0.4 is 10.2 Å². The molecule has 0 amide bonds. The van der Waals surface area contributed by atoms with Gasteiger partial charge in [0.2, 0.25) is 0 Å². The Kier molecular flexibility index (Phi) is 2.11. The fourth-order valence-corrected chi connectivity index (χ4v) is 4.46. The van der Waals surface area contributed by atoms with Crippen LogP contribution in [-0.4, -0.2) is 12.7 Å². The number of hydrogen-bond acceptors (Lipinski definition) is 2. The van der Waals surface area contributed by atoms with Crippen molar-refractivity contribution in [3.05, 3.63) is 59.7 Å². The van der Waals surface area contributed by atoms with Crippen molar-refractivity contribution in [3.63, 3.8) is 0 Å². The lowest BCUT2D eigenvalue weighted by molar-refractivity contribution is 0.342. The Hall–Kier alpha value is -1.96. The second-order valence-corrected chi connectivity index (χ2v) is 6.09. The van der Waals surface area contributed by atoms with E-state index in [9.17, 15) is 0 Å². The maximum Gasteiger partial charge on any atom is 0.124 e. The van der Waals surface area contributed by atoms with Crippen LogP contribution in [0.1, 0.15) is 31.4 Å². The van der Waals surface area contributed by atoms with Crippen LogP contribution >= 0.6 is 0 Å². The Morgan fingerprint density at radius 1 is 1.00 bits per heavy atom. The van der Waals surface area contributed by atoms with E-state index in [0.717, 1.165) is 6.42 Å². The molecule has 2 atom stereocenters. The molecule has 2 heteroatoms. The molecule has 0 aliphatic carbocycles. The van der Waals surface area contributed by atoms with Gasteiger partial charge in [0, 0.05) is 18.4 Å². The molecule has 0 fully saturated rings. The van der Waals surface area contributed by atoms with Crippen molar-refractivity contribution >= 4 is 11.4 Å². The lowest BCUT2D eigenvalue weighted by Gasteiger charge is -2.43. The van der Waals surface area contributed by atoms with Crippen molar-refractivity contribution < 1.29 is 0 Å². The molecule has 2 aromatic rings. The second kappa shape index (κ2) is 3.57. The zero-order valence-corrected chi connectivity index (χ0v) is 12.3. The fraction of sp³-hybridized carbons (Fsp3) is 0.333.